The molecule has 3 rings (SSSR count). The van der Waals surface area contributed by atoms with Gasteiger partial charge in [0.15, 0.2) is 5.96 Å². The zero-order valence-electron chi connectivity index (χ0n) is 17.8. The number of rotatable bonds is 6. The van der Waals surface area contributed by atoms with E-state index in [0.29, 0.717) is 5.92 Å². The lowest BCUT2D eigenvalue weighted by atomic mass is 10.2. The minimum absolute atomic E-state index is 0.239. The number of hydrogen-bond donors (Lipinski definition) is 1. The fourth-order valence-corrected chi connectivity index (χ4v) is 4.08. The minimum Gasteiger partial charge on any atom is -0.374 e. The maximum atomic E-state index is 5.97. The van der Waals surface area contributed by atoms with Gasteiger partial charge in [-0.25, -0.2) is 0 Å². The molecule has 2 saturated heterocycles. The molecule has 0 radical (unpaired) electrons. The molecule has 2 heterocycles. The van der Waals surface area contributed by atoms with Gasteiger partial charge in [0.2, 0.25) is 0 Å². The third kappa shape index (κ3) is 6.47. The van der Waals surface area contributed by atoms with Crippen LogP contribution < -0.4 is 5.32 Å². The van der Waals surface area contributed by atoms with E-state index < -0.39 is 0 Å². The van der Waals surface area contributed by atoms with Crippen LogP contribution in [0.3, 0.4) is 0 Å². The predicted molar refractivity (Wildman–Crippen MR) is 116 cm³/mol. The maximum Gasteiger partial charge on any atom is 0.193 e. The molecule has 1 N–H and O–H groups in total. The Hall–Kier alpha value is -1.63. The van der Waals surface area contributed by atoms with Crippen LogP contribution in [-0.2, 0) is 11.3 Å². The highest BCUT2D eigenvalue weighted by Gasteiger charge is 2.23. The van der Waals surface area contributed by atoms with Gasteiger partial charge in [0, 0.05) is 66.0 Å². The van der Waals surface area contributed by atoms with Gasteiger partial charge in [-0.15, -0.1) is 0 Å². The van der Waals surface area contributed by atoms with Gasteiger partial charge < -0.3 is 15.0 Å². The summed E-state index contributed by atoms with van der Waals surface area (Å²) in [6.45, 7) is 14.6. The molecular formula is C22H37N5O. The van der Waals surface area contributed by atoms with E-state index in [4.69, 9.17) is 4.74 Å². The predicted octanol–water partition coefficient (Wildman–Crippen LogP) is 1.74. The summed E-state index contributed by atoms with van der Waals surface area (Å²) >= 11 is 0. The van der Waals surface area contributed by atoms with Crippen LogP contribution >= 0.6 is 0 Å². The Morgan fingerprint density at radius 2 is 1.86 bits per heavy atom. The first-order chi connectivity index (χ1) is 13.6. The number of benzene rings is 1. The Morgan fingerprint density at radius 3 is 2.54 bits per heavy atom. The van der Waals surface area contributed by atoms with Gasteiger partial charge in [-0.2, -0.15) is 0 Å². The van der Waals surface area contributed by atoms with Gasteiger partial charge in [-0.3, -0.25) is 14.8 Å². The normalized spacial score (nSPS) is 22.6. The van der Waals surface area contributed by atoms with E-state index in [9.17, 15) is 0 Å². The Kier molecular flexibility index (Phi) is 8.13. The van der Waals surface area contributed by atoms with E-state index in [1.54, 1.807) is 0 Å². The topological polar surface area (TPSA) is 43.3 Å². The van der Waals surface area contributed by atoms with Crippen molar-refractivity contribution in [3.63, 3.8) is 0 Å². The van der Waals surface area contributed by atoms with E-state index in [2.05, 4.69) is 69.2 Å². The van der Waals surface area contributed by atoms with Crippen LogP contribution in [-0.4, -0.2) is 92.8 Å². The van der Waals surface area contributed by atoms with Crippen LogP contribution in [0, 0.1) is 5.92 Å². The Morgan fingerprint density at radius 1 is 1.11 bits per heavy atom. The molecular weight excluding hydrogens is 350 g/mol. The molecule has 156 valence electrons. The van der Waals surface area contributed by atoms with E-state index in [1.807, 2.05) is 7.05 Å². The second-order valence-corrected chi connectivity index (χ2v) is 8.32. The zero-order valence-corrected chi connectivity index (χ0v) is 17.8. The molecule has 1 atom stereocenters. The molecule has 1 unspecified atom stereocenters. The van der Waals surface area contributed by atoms with Crippen LogP contribution in [0.25, 0.3) is 0 Å². The second-order valence-electron chi connectivity index (χ2n) is 8.32. The van der Waals surface area contributed by atoms with Crippen LogP contribution in [0.1, 0.15) is 19.4 Å². The summed E-state index contributed by atoms with van der Waals surface area (Å²) in [4.78, 5) is 11.9. The summed E-state index contributed by atoms with van der Waals surface area (Å²) < 4.78 is 5.97. The molecule has 1 aromatic rings. The molecule has 0 aromatic heterocycles. The van der Waals surface area contributed by atoms with Gasteiger partial charge in [0.25, 0.3) is 0 Å². The van der Waals surface area contributed by atoms with Crippen LogP contribution in [0.2, 0.25) is 0 Å². The van der Waals surface area contributed by atoms with Gasteiger partial charge in [0.05, 0.1) is 12.7 Å². The summed E-state index contributed by atoms with van der Waals surface area (Å²) in [5.74, 6) is 1.70. The number of piperazine rings is 1. The van der Waals surface area contributed by atoms with Crippen molar-refractivity contribution in [1.82, 2.24) is 20.0 Å². The number of nitrogens with one attached hydrogen (secondary N) is 1. The number of nitrogens with zero attached hydrogens (tertiary/aromatic N) is 4. The van der Waals surface area contributed by atoms with Crippen molar-refractivity contribution in [1.29, 1.82) is 0 Å². The van der Waals surface area contributed by atoms with Crippen LogP contribution in [0.5, 0.6) is 0 Å². The Bertz CT molecular complexity index is 598. The second kappa shape index (κ2) is 10.8. The van der Waals surface area contributed by atoms with E-state index in [1.165, 1.54) is 5.56 Å². The number of ether oxygens (including phenoxy) is 1. The molecule has 0 spiro atoms. The van der Waals surface area contributed by atoms with Crippen LogP contribution in [0.15, 0.2) is 35.3 Å². The SMILES string of the molecule is CN=C(NCC1CN(CC(C)C)CCO1)N1CCN(Cc2ccccc2)CC1. The summed E-state index contributed by atoms with van der Waals surface area (Å²) in [5, 5.41) is 3.55. The van der Waals surface area contributed by atoms with Crippen molar-refractivity contribution in [2.45, 2.75) is 26.5 Å². The molecule has 6 nitrogen and oxygen atoms in total. The molecule has 2 aliphatic rings. The molecule has 28 heavy (non-hydrogen) atoms. The zero-order chi connectivity index (χ0) is 19.8. The molecule has 0 amide bonds. The average molecular weight is 388 g/mol. The van der Waals surface area contributed by atoms with Crippen LogP contribution in [0.4, 0.5) is 0 Å². The number of hydrogen-bond acceptors (Lipinski definition) is 4. The van der Waals surface area contributed by atoms with Gasteiger partial charge in [-0.1, -0.05) is 44.2 Å². The van der Waals surface area contributed by atoms with Crippen molar-refractivity contribution >= 4 is 5.96 Å². The standard InChI is InChI=1S/C22H37N5O/c1-19(2)16-26-13-14-28-21(18-26)15-24-22(23-3)27-11-9-25(10-12-27)17-20-7-5-4-6-8-20/h4-8,19,21H,9-18H2,1-3H3,(H,23,24). The monoisotopic (exact) mass is 387 g/mol. The molecule has 1 aromatic carbocycles. The number of morpholine rings is 1. The summed E-state index contributed by atoms with van der Waals surface area (Å²) in [7, 11) is 1.88. The molecule has 0 aliphatic carbocycles. The third-order valence-electron chi connectivity index (χ3n) is 5.47. The first-order valence-electron chi connectivity index (χ1n) is 10.7. The molecule has 2 aliphatic heterocycles. The van der Waals surface area contributed by atoms with E-state index in [0.717, 1.165) is 71.5 Å². The highest BCUT2D eigenvalue weighted by molar-refractivity contribution is 5.80. The summed E-state index contributed by atoms with van der Waals surface area (Å²) in [6, 6.07) is 10.7. The number of aliphatic imine (C=N–C) groups is 1. The largest absolute Gasteiger partial charge is 0.374 e. The molecule has 0 bridgehead atoms. The third-order valence-corrected chi connectivity index (χ3v) is 5.47. The summed E-state index contributed by atoms with van der Waals surface area (Å²) in [5.41, 5.74) is 1.39. The lowest BCUT2D eigenvalue weighted by Gasteiger charge is -2.38. The Balaban J connectivity index is 1.41. The highest BCUT2D eigenvalue weighted by Crippen LogP contribution is 2.10. The number of guanidine groups is 1. The highest BCUT2D eigenvalue weighted by atomic mass is 16.5. The fourth-order valence-electron chi connectivity index (χ4n) is 4.08. The lowest BCUT2D eigenvalue weighted by molar-refractivity contribution is -0.0287. The fraction of sp³-hybridized carbons (Fsp3) is 0.682. The van der Waals surface area contributed by atoms with Crippen molar-refractivity contribution in [2.75, 3.05) is 66.0 Å². The molecule has 2 fully saturated rings. The van der Waals surface area contributed by atoms with Crippen molar-refractivity contribution < 1.29 is 4.74 Å². The quantitative estimate of drug-likeness (QED) is 0.595. The minimum atomic E-state index is 0.239. The summed E-state index contributed by atoms with van der Waals surface area (Å²) in [6.07, 6.45) is 0.239. The van der Waals surface area contributed by atoms with Gasteiger partial charge >= 0.3 is 0 Å². The lowest BCUT2D eigenvalue weighted by Crippen LogP contribution is -2.54. The van der Waals surface area contributed by atoms with E-state index >= 15 is 0 Å². The van der Waals surface area contributed by atoms with E-state index in [-0.39, 0.29) is 6.10 Å². The maximum absolute atomic E-state index is 5.97. The van der Waals surface area contributed by atoms with Gasteiger partial charge in [-0.05, 0) is 11.5 Å². The first-order valence-corrected chi connectivity index (χ1v) is 10.7. The van der Waals surface area contributed by atoms with Crippen molar-refractivity contribution in [2.24, 2.45) is 10.9 Å². The van der Waals surface area contributed by atoms with Crippen molar-refractivity contribution in [3.8, 4) is 0 Å². The van der Waals surface area contributed by atoms with Crippen molar-refractivity contribution in [3.05, 3.63) is 35.9 Å². The average Bonchev–Trinajstić information content (AvgIpc) is 2.70. The smallest absolute Gasteiger partial charge is 0.193 e. The van der Waals surface area contributed by atoms with Gasteiger partial charge in [0.1, 0.15) is 0 Å². The first kappa shape index (κ1) is 21.1. The molecule has 6 heteroatoms. The molecule has 0 saturated carbocycles. The Labute approximate surface area is 170 Å².